The minimum Gasteiger partial charge on any atom is -0.345 e. The van der Waals surface area contributed by atoms with E-state index in [1.165, 1.54) is 6.07 Å². The molecular formula is C15H12N4O3. The summed E-state index contributed by atoms with van der Waals surface area (Å²) in [6.45, 7) is 0.157. The van der Waals surface area contributed by atoms with Crippen LogP contribution in [0.5, 0.6) is 0 Å². The third kappa shape index (κ3) is 2.64. The van der Waals surface area contributed by atoms with Crippen LogP contribution in [0.25, 0.3) is 10.8 Å². The molecular weight excluding hydrogens is 284 g/mol. The van der Waals surface area contributed by atoms with Crippen LogP contribution in [0, 0.1) is 0 Å². The third-order valence-corrected chi connectivity index (χ3v) is 3.18. The maximum absolute atomic E-state index is 12.2. The molecule has 0 saturated carbocycles. The number of benzene rings is 1. The van der Waals surface area contributed by atoms with Gasteiger partial charge in [-0.15, -0.1) is 0 Å². The van der Waals surface area contributed by atoms with E-state index in [9.17, 15) is 14.4 Å². The van der Waals surface area contributed by atoms with Crippen LogP contribution in [0.4, 0.5) is 0 Å². The summed E-state index contributed by atoms with van der Waals surface area (Å²) in [5.41, 5.74) is 0.127. The van der Waals surface area contributed by atoms with Crippen LogP contribution in [0.2, 0.25) is 0 Å². The maximum Gasteiger partial charge on any atom is 0.272 e. The van der Waals surface area contributed by atoms with E-state index in [4.69, 9.17) is 0 Å². The number of rotatable bonds is 3. The fourth-order valence-corrected chi connectivity index (χ4v) is 2.14. The molecule has 110 valence electrons. The average Bonchev–Trinajstić information content (AvgIpc) is 2.53. The van der Waals surface area contributed by atoms with Crippen LogP contribution in [0.3, 0.4) is 0 Å². The Kier molecular flexibility index (Phi) is 3.53. The van der Waals surface area contributed by atoms with Crippen LogP contribution in [-0.2, 0) is 6.54 Å². The van der Waals surface area contributed by atoms with Crippen molar-refractivity contribution < 1.29 is 4.79 Å². The Labute approximate surface area is 124 Å². The molecule has 2 heterocycles. The van der Waals surface area contributed by atoms with Crippen molar-refractivity contribution in [3.63, 3.8) is 0 Å². The molecule has 0 radical (unpaired) electrons. The number of pyridine rings is 1. The third-order valence-electron chi connectivity index (χ3n) is 3.18. The summed E-state index contributed by atoms with van der Waals surface area (Å²) in [6, 6.07) is 11.4. The standard InChI is InChI=1S/C15H12N4O3/c20-12-7-3-4-9(17-12)8-16-15(22)13-10-5-1-2-6-11(10)14(21)19-18-13/h1-7H,8H2,(H,16,22)(H,17,20)(H,19,21). The highest BCUT2D eigenvalue weighted by Crippen LogP contribution is 2.12. The van der Waals surface area contributed by atoms with Gasteiger partial charge in [0.2, 0.25) is 5.56 Å². The van der Waals surface area contributed by atoms with Crippen molar-refractivity contribution in [2.75, 3.05) is 0 Å². The van der Waals surface area contributed by atoms with Crippen molar-refractivity contribution in [2.45, 2.75) is 6.54 Å². The first-order valence-electron chi connectivity index (χ1n) is 6.59. The molecule has 3 aromatic rings. The molecule has 1 aromatic carbocycles. The largest absolute Gasteiger partial charge is 0.345 e. The molecule has 1 amide bonds. The molecule has 7 nitrogen and oxygen atoms in total. The van der Waals surface area contributed by atoms with Crippen molar-refractivity contribution in [2.24, 2.45) is 0 Å². The summed E-state index contributed by atoms with van der Waals surface area (Å²) in [7, 11) is 0. The molecule has 0 aliphatic carbocycles. The van der Waals surface area contributed by atoms with E-state index < -0.39 is 5.91 Å². The van der Waals surface area contributed by atoms with E-state index in [1.54, 1.807) is 36.4 Å². The topological polar surface area (TPSA) is 108 Å². The zero-order valence-corrected chi connectivity index (χ0v) is 11.4. The molecule has 3 rings (SSSR count). The number of hydrogen-bond acceptors (Lipinski definition) is 4. The van der Waals surface area contributed by atoms with Gasteiger partial charge >= 0.3 is 0 Å². The first-order valence-corrected chi connectivity index (χ1v) is 6.59. The fraction of sp³-hybridized carbons (Fsp3) is 0.0667. The Morgan fingerprint density at radius 1 is 1.05 bits per heavy atom. The Hall–Kier alpha value is -3.22. The first-order chi connectivity index (χ1) is 10.6. The predicted octanol–water partition coefficient (Wildman–Crippen LogP) is 0.541. The number of aromatic amines is 2. The minimum absolute atomic E-state index is 0.133. The van der Waals surface area contributed by atoms with Crippen molar-refractivity contribution in [1.82, 2.24) is 20.5 Å². The maximum atomic E-state index is 12.2. The number of aromatic nitrogens is 3. The Morgan fingerprint density at radius 3 is 2.59 bits per heavy atom. The lowest BCUT2D eigenvalue weighted by atomic mass is 10.1. The lowest BCUT2D eigenvalue weighted by Crippen LogP contribution is -2.27. The van der Waals surface area contributed by atoms with E-state index in [-0.39, 0.29) is 23.4 Å². The quantitative estimate of drug-likeness (QED) is 0.655. The van der Waals surface area contributed by atoms with Crippen LogP contribution in [0.1, 0.15) is 16.2 Å². The van der Waals surface area contributed by atoms with E-state index >= 15 is 0 Å². The number of nitrogens with one attached hydrogen (secondary N) is 3. The van der Waals surface area contributed by atoms with Crippen molar-refractivity contribution in [3.05, 3.63) is 74.6 Å². The molecule has 2 aromatic heterocycles. The number of carbonyl (C=O) groups is 1. The van der Waals surface area contributed by atoms with Gasteiger partial charge in [-0.05, 0) is 12.1 Å². The number of H-pyrrole nitrogens is 2. The lowest BCUT2D eigenvalue weighted by Gasteiger charge is -2.06. The first kappa shape index (κ1) is 13.7. The Morgan fingerprint density at radius 2 is 1.82 bits per heavy atom. The van der Waals surface area contributed by atoms with Crippen molar-refractivity contribution >= 4 is 16.7 Å². The van der Waals surface area contributed by atoms with Gasteiger partial charge in [-0.25, -0.2) is 5.10 Å². The van der Waals surface area contributed by atoms with Gasteiger partial charge in [0.15, 0.2) is 5.69 Å². The average molecular weight is 296 g/mol. The normalized spacial score (nSPS) is 10.5. The van der Waals surface area contributed by atoms with Gasteiger partial charge in [0.1, 0.15) is 0 Å². The molecule has 0 atom stereocenters. The van der Waals surface area contributed by atoms with E-state index in [0.29, 0.717) is 16.5 Å². The molecule has 0 bridgehead atoms. The summed E-state index contributed by atoms with van der Waals surface area (Å²) in [6.07, 6.45) is 0. The molecule has 7 heteroatoms. The summed E-state index contributed by atoms with van der Waals surface area (Å²) < 4.78 is 0. The summed E-state index contributed by atoms with van der Waals surface area (Å²) in [5, 5.41) is 9.66. The molecule has 0 spiro atoms. The van der Waals surface area contributed by atoms with Crippen LogP contribution in [0.15, 0.2) is 52.1 Å². The molecule has 0 aliphatic rings. The van der Waals surface area contributed by atoms with E-state index in [1.807, 2.05) is 0 Å². The number of hydrogen-bond donors (Lipinski definition) is 3. The van der Waals surface area contributed by atoms with Crippen LogP contribution < -0.4 is 16.4 Å². The van der Waals surface area contributed by atoms with Crippen molar-refractivity contribution in [1.29, 1.82) is 0 Å². The molecule has 0 unspecified atom stereocenters. The lowest BCUT2D eigenvalue weighted by molar-refractivity contribution is 0.0946. The highest BCUT2D eigenvalue weighted by atomic mass is 16.2. The highest BCUT2D eigenvalue weighted by Gasteiger charge is 2.13. The molecule has 0 saturated heterocycles. The van der Waals surface area contributed by atoms with Gasteiger partial charge in [0.05, 0.1) is 11.9 Å². The minimum atomic E-state index is -0.433. The van der Waals surface area contributed by atoms with Gasteiger partial charge < -0.3 is 10.3 Å². The Bertz CT molecular complexity index is 958. The van der Waals surface area contributed by atoms with Gasteiger partial charge in [-0.2, -0.15) is 5.10 Å². The predicted molar refractivity (Wildman–Crippen MR) is 80.6 cm³/mol. The molecule has 0 fully saturated rings. The number of carbonyl (C=O) groups excluding carboxylic acids is 1. The Balaban J connectivity index is 1.88. The van der Waals surface area contributed by atoms with Crippen LogP contribution in [-0.4, -0.2) is 21.1 Å². The SMILES string of the molecule is O=C(NCc1cccc(=O)[nH]1)c1n[nH]c(=O)c2ccccc12. The summed E-state index contributed by atoms with van der Waals surface area (Å²) >= 11 is 0. The van der Waals surface area contributed by atoms with Crippen molar-refractivity contribution in [3.8, 4) is 0 Å². The second-order valence-corrected chi connectivity index (χ2v) is 4.67. The number of amides is 1. The summed E-state index contributed by atoms with van der Waals surface area (Å²) in [4.78, 5) is 37.7. The number of fused-ring (bicyclic) bond motifs is 1. The highest BCUT2D eigenvalue weighted by molar-refractivity contribution is 6.04. The van der Waals surface area contributed by atoms with Crippen LogP contribution >= 0.6 is 0 Å². The van der Waals surface area contributed by atoms with Gasteiger partial charge in [-0.3, -0.25) is 14.4 Å². The van der Waals surface area contributed by atoms with E-state index in [0.717, 1.165) is 0 Å². The number of nitrogens with zero attached hydrogens (tertiary/aromatic N) is 1. The fourth-order valence-electron chi connectivity index (χ4n) is 2.14. The molecule has 22 heavy (non-hydrogen) atoms. The van der Waals surface area contributed by atoms with Gasteiger partial charge in [0, 0.05) is 17.1 Å². The van der Waals surface area contributed by atoms with Gasteiger partial charge in [0.25, 0.3) is 11.5 Å². The van der Waals surface area contributed by atoms with Gasteiger partial charge in [-0.1, -0.05) is 24.3 Å². The molecule has 0 aliphatic heterocycles. The second-order valence-electron chi connectivity index (χ2n) is 4.67. The zero-order valence-electron chi connectivity index (χ0n) is 11.4. The summed E-state index contributed by atoms with van der Waals surface area (Å²) in [5.74, 6) is -0.433. The monoisotopic (exact) mass is 296 g/mol. The second kappa shape index (κ2) is 5.65. The van der Waals surface area contributed by atoms with E-state index in [2.05, 4.69) is 20.5 Å². The zero-order chi connectivity index (χ0) is 15.5. The molecule has 3 N–H and O–H groups in total. The smallest absolute Gasteiger partial charge is 0.272 e.